The average Bonchev–Trinajstić information content (AvgIpc) is 2.95. The zero-order valence-corrected chi connectivity index (χ0v) is 18.3. The van der Waals surface area contributed by atoms with Crippen molar-refractivity contribution in [2.75, 3.05) is 18.5 Å². The third-order valence-corrected chi connectivity index (χ3v) is 5.67. The summed E-state index contributed by atoms with van der Waals surface area (Å²) >= 11 is 4.51. The molecule has 1 heterocycles. The smallest absolute Gasteiger partial charge is 0.348 e. The lowest BCUT2D eigenvalue weighted by Gasteiger charge is -2.09. The normalized spacial score (nSPS) is 10.2. The largest absolute Gasteiger partial charge is 0.492 e. The second-order valence-electron chi connectivity index (χ2n) is 6.03. The first-order valence-electron chi connectivity index (χ1n) is 8.76. The lowest BCUT2D eigenvalue weighted by atomic mass is 10.1. The van der Waals surface area contributed by atoms with E-state index in [-0.39, 0.29) is 18.9 Å². The van der Waals surface area contributed by atoms with Crippen molar-refractivity contribution in [1.29, 1.82) is 5.26 Å². The molecule has 148 valence electrons. The minimum Gasteiger partial charge on any atom is -0.492 e. The number of carbonyl (C=O) groups excluding carboxylic acids is 2. The molecule has 28 heavy (non-hydrogen) atoms. The van der Waals surface area contributed by atoms with Crippen LogP contribution in [0.1, 0.15) is 46.1 Å². The Labute approximate surface area is 176 Å². The van der Waals surface area contributed by atoms with Gasteiger partial charge < -0.3 is 14.8 Å². The molecule has 0 aliphatic heterocycles. The van der Waals surface area contributed by atoms with Gasteiger partial charge in [-0.25, -0.2) is 4.79 Å². The molecule has 1 amide bonds. The number of benzene rings is 1. The van der Waals surface area contributed by atoms with Crippen LogP contribution in [-0.2, 0) is 9.53 Å². The zero-order valence-electron chi connectivity index (χ0n) is 15.9. The fourth-order valence-corrected chi connectivity index (χ4v) is 4.13. The summed E-state index contributed by atoms with van der Waals surface area (Å²) in [6.45, 7) is 6.01. The number of anilines is 1. The maximum atomic E-state index is 12.2. The monoisotopic (exact) mass is 464 g/mol. The molecule has 0 spiro atoms. The highest BCUT2D eigenvalue weighted by Gasteiger charge is 2.22. The minimum absolute atomic E-state index is 0.236. The minimum atomic E-state index is -0.487. The van der Waals surface area contributed by atoms with Crippen LogP contribution in [0.2, 0.25) is 0 Å². The van der Waals surface area contributed by atoms with E-state index in [1.54, 1.807) is 13.8 Å². The second kappa shape index (κ2) is 10.2. The van der Waals surface area contributed by atoms with Crippen LogP contribution in [0.25, 0.3) is 0 Å². The molecular weight excluding hydrogens is 444 g/mol. The Morgan fingerprint density at radius 3 is 2.71 bits per heavy atom. The van der Waals surface area contributed by atoms with Gasteiger partial charge in [0.2, 0.25) is 5.91 Å². The van der Waals surface area contributed by atoms with Gasteiger partial charge in [0.05, 0.1) is 23.2 Å². The summed E-state index contributed by atoms with van der Waals surface area (Å²) in [6, 6.07) is 7.84. The first kappa shape index (κ1) is 21.9. The van der Waals surface area contributed by atoms with Gasteiger partial charge in [0.25, 0.3) is 0 Å². The lowest BCUT2D eigenvalue weighted by Crippen LogP contribution is -2.12. The van der Waals surface area contributed by atoms with E-state index in [9.17, 15) is 14.9 Å². The van der Waals surface area contributed by atoms with Crippen LogP contribution in [0.5, 0.6) is 5.75 Å². The summed E-state index contributed by atoms with van der Waals surface area (Å²) < 4.78 is 11.5. The van der Waals surface area contributed by atoms with Gasteiger partial charge in [0, 0.05) is 6.42 Å². The summed E-state index contributed by atoms with van der Waals surface area (Å²) in [5.41, 5.74) is 1.94. The summed E-state index contributed by atoms with van der Waals surface area (Å²) in [5, 5.41) is 12.4. The Morgan fingerprint density at radius 2 is 2.07 bits per heavy atom. The van der Waals surface area contributed by atoms with Crippen molar-refractivity contribution in [2.45, 2.75) is 33.6 Å². The van der Waals surface area contributed by atoms with Crippen LogP contribution in [0.15, 0.2) is 22.7 Å². The van der Waals surface area contributed by atoms with Crippen LogP contribution in [0.3, 0.4) is 0 Å². The van der Waals surface area contributed by atoms with Crippen molar-refractivity contribution in [1.82, 2.24) is 0 Å². The van der Waals surface area contributed by atoms with E-state index in [0.29, 0.717) is 34.0 Å². The number of aryl methyl sites for hydroxylation is 1. The second-order valence-corrected chi connectivity index (χ2v) is 7.90. The molecule has 0 saturated heterocycles. The molecule has 1 aromatic heterocycles. The van der Waals surface area contributed by atoms with Crippen molar-refractivity contribution >= 4 is 44.1 Å². The molecule has 0 fully saturated rings. The van der Waals surface area contributed by atoms with Crippen LogP contribution in [-0.4, -0.2) is 25.1 Å². The molecule has 6 nitrogen and oxygen atoms in total. The van der Waals surface area contributed by atoms with E-state index in [2.05, 4.69) is 21.2 Å². The van der Waals surface area contributed by atoms with E-state index >= 15 is 0 Å². The molecule has 0 saturated carbocycles. The molecule has 1 N–H and O–H groups in total. The third kappa shape index (κ3) is 5.57. The quantitative estimate of drug-likeness (QED) is 0.439. The number of hydrogen-bond acceptors (Lipinski definition) is 6. The molecule has 0 bridgehead atoms. The van der Waals surface area contributed by atoms with Gasteiger partial charge in [-0.3, -0.25) is 4.79 Å². The van der Waals surface area contributed by atoms with E-state index < -0.39 is 5.97 Å². The fraction of sp³-hybridized carbons (Fsp3) is 0.350. The number of rotatable bonds is 8. The van der Waals surface area contributed by atoms with E-state index in [1.165, 1.54) is 0 Å². The molecule has 2 rings (SSSR count). The van der Waals surface area contributed by atoms with Crippen molar-refractivity contribution in [3.8, 4) is 11.8 Å². The Hall–Kier alpha value is -2.37. The number of esters is 1. The Bertz CT molecular complexity index is 918. The maximum absolute atomic E-state index is 12.2. The van der Waals surface area contributed by atoms with Crippen molar-refractivity contribution < 1.29 is 19.1 Å². The van der Waals surface area contributed by atoms with Gasteiger partial charge in [-0.05, 0) is 66.4 Å². The number of ether oxygens (including phenoxy) is 2. The molecule has 1 aromatic carbocycles. The lowest BCUT2D eigenvalue weighted by molar-refractivity contribution is -0.116. The number of hydrogen-bond donors (Lipinski definition) is 1. The molecular formula is C20H21BrN2O4S. The van der Waals surface area contributed by atoms with Gasteiger partial charge in [0.15, 0.2) is 0 Å². The van der Waals surface area contributed by atoms with Gasteiger partial charge in [-0.15, -0.1) is 11.3 Å². The van der Waals surface area contributed by atoms with E-state index in [1.807, 2.05) is 31.2 Å². The van der Waals surface area contributed by atoms with E-state index in [0.717, 1.165) is 27.1 Å². The first-order valence-corrected chi connectivity index (χ1v) is 10.4. The Balaban J connectivity index is 1.91. The summed E-state index contributed by atoms with van der Waals surface area (Å²) in [5.74, 6) is 0.00420. The number of nitriles is 1. The molecule has 2 aromatic rings. The van der Waals surface area contributed by atoms with Crippen LogP contribution < -0.4 is 10.1 Å². The van der Waals surface area contributed by atoms with E-state index in [4.69, 9.17) is 9.47 Å². The topological polar surface area (TPSA) is 88.4 Å². The highest BCUT2D eigenvalue weighted by atomic mass is 79.9. The molecule has 0 atom stereocenters. The zero-order chi connectivity index (χ0) is 20.7. The predicted octanol–water partition coefficient (Wildman–Crippen LogP) is 4.97. The molecule has 0 radical (unpaired) electrons. The van der Waals surface area contributed by atoms with Crippen LogP contribution >= 0.6 is 27.3 Å². The highest BCUT2D eigenvalue weighted by molar-refractivity contribution is 9.10. The van der Waals surface area contributed by atoms with Crippen molar-refractivity contribution in [2.24, 2.45) is 0 Å². The van der Waals surface area contributed by atoms with Gasteiger partial charge in [-0.2, -0.15) is 5.26 Å². The molecule has 0 aliphatic carbocycles. The Morgan fingerprint density at radius 1 is 1.32 bits per heavy atom. The van der Waals surface area contributed by atoms with Crippen LogP contribution in [0.4, 0.5) is 5.00 Å². The number of nitrogens with one attached hydrogen (secondary N) is 1. The number of nitrogens with zero attached hydrogens (tertiary/aromatic N) is 1. The number of amides is 1. The average molecular weight is 465 g/mol. The summed E-state index contributed by atoms with van der Waals surface area (Å²) in [6.07, 6.45) is 0.753. The number of thiophene rings is 1. The predicted molar refractivity (Wildman–Crippen MR) is 112 cm³/mol. The SMILES string of the molecule is CCOC(=O)c1sc(NC(=O)CCCOc2ccc(C)cc2Br)c(C#N)c1C. The van der Waals surface area contributed by atoms with Crippen molar-refractivity contribution in [3.05, 3.63) is 44.2 Å². The van der Waals surface area contributed by atoms with Crippen molar-refractivity contribution in [3.63, 3.8) is 0 Å². The van der Waals surface area contributed by atoms with Gasteiger partial charge in [-0.1, -0.05) is 6.07 Å². The van der Waals surface area contributed by atoms with Gasteiger partial charge in [0.1, 0.15) is 21.7 Å². The molecule has 0 unspecified atom stereocenters. The van der Waals surface area contributed by atoms with Gasteiger partial charge >= 0.3 is 5.97 Å². The fourth-order valence-electron chi connectivity index (χ4n) is 2.45. The Kier molecular flexibility index (Phi) is 8.03. The number of carbonyl (C=O) groups is 2. The number of halogens is 1. The third-order valence-electron chi connectivity index (χ3n) is 3.87. The molecule has 8 heteroatoms. The maximum Gasteiger partial charge on any atom is 0.348 e. The van der Waals surface area contributed by atoms with Crippen LogP contribution in [0, 0.1) is 25.2 Å². The first-order chi connectivity index (χ1) is 13.4. The summed E-state index contributed by atoms with van der Waals surface area (Å²) in [7, 11) is 0. The summed E-state index contributed by atoms with van der Waals surface area (Å²) in [4.78, 5) is 24.5. The highest BCUT2D eigenvalue weighted by Crippen LogP contribution is 2.33. The molecule has 0 aliphatic rings. The standard InChI is InChI=1S/C20H21BrN2O4S/c1-4-26-20(25)18-13(3)14(11-22)19(28-18)23-17(24)6-5-9-27-16-8-7-12(2)10-15(16)21/h7-8,10H,4-6,9H2,1-3H3,(H,23,24).